The molecule has 0 fully saturated rings. The highest BCUT2D eigenvalue weighted by molar-refractivity contribution is 5.95. The number of hydrogen-bond donors (Lipinski definition) is 1. The van der Waals surface area contributed by atoms with Gasteiger partial charge in [0.05, 0.1) is 20.1 Å². The van der Waals surface area contributed by atoms with Crippen LogP contribution in [0.5, 0.6) is 0 Å². The van der Waals surface area contributed by atoms with Gasteiger partial charge in [-0.15, -0.1) is 0 Å². The third-order valence-corrected chi connectivity index (χ3v) is 2.80. The van der Waals surface area contributed by atoms with Gasteiger partial charge in [0.15, 0.2) is 0 Å². The number of methoxy groups -OCH3 is 2. The number of nitrogen functional groups attached to an aromatic ring is 1. The van der Waals surface area contributed by atoms with E-state index in [1.807, 2.05) is 0 Å². The van der Waals surface area contributed by atoms with Crippen LogP contribution in [0.1, 0.15) is 16.8 Å². The first kappa shape index (κ1) is 16.0. The SMILES string of the molecule is COCCN(CCC(=O)OC)C(=O)c1cccc(N)c1. The van der Waals surface area contributed by atoms with Crippen molar-refractivity contribution in [2.45, 2.75) is 6.42 Å². The van der Waals surface area contributed by atoms with E-state index in [1.54, 1.807) is 36.3 Å². The maximum absolute atomic E-state index is 12.4. The zero-order valence-electron chi connectivity index (χ0n) is 11.8. The van der Waals surface area contributed by atoms with Gasteiger partial charge in [-0.1, -0.05) is 6.07 Å². The molecule has 0 unspecified atom stereocenters. The highest BCUT2D eigenvalue weighted by atomic mass is 16.5. The molecule has 20 heavy (non-hydrogen) atoms. The Kier molecular flexibility index (Phi) is 6.52. The quantitative estimate of drug-likeness (QED) is 0.593. The van der Waals surface area contributed by atoms with Gasteiger partial charge in [0.1, 0.15) is 0 Å². The molecule has 0 aromatic heterocycles. The highest BCUT2D eigenvalue weighted by Crippen LogP contribution is 2.10. The monoisotopic (exact) mass is 280 g/mol. The second-order valence-electron chi connectivity index (χ2n) is 4.24. The van der Waals surface area contributed by atoms with E-state index in [-0.39, 0.29) is 24.8 Å². The molecule has 1 rings (SSSR count). The Morgan fingerprint density at radius 2 is 2.00 bits per heavy atom. The van der Waals surface area contributed by atoms with Crippen molar-refractivity contribution >= 4 is 17.6 Å². The van der Waals surface area contributed by atoms with Gasteiger partial charge in [0.2, 0.25) is 0 Å². The molecule has 0 spiro atoms. The smallest absolute Gasteiger partial charge is 0.307 e. The molecule has 0 aliphatic carbocycles. The Bertz CT molecular complexity index is 462. The van der Waals surface area contributed by atoms with E-state index in [0.29, 0.717) is 24.4 Å². The number of anilines is 1. The zero-order chi connectivity index (χ0) is 15.0. The minimum Gasteiger partial charge on any atom is -0.469 e. The van der Waals surface area contributed by atoms with E-state index in [0.717, 1.165) is 0 Å². The third-order valence-electron chi connectivity index (χ3n) is 2.80. The van der Waals surface area contributed by atoms with Crippen LogP contribution in [0, 0.1) is 0 Å². The second kappa shape index (κ2) is 8.16. The van der Waals surface area contributed by atoms with Crippen LogP contribution in [0.15, 0.2) is 24.3 Å². The van der Waals surface area contributed by atoms with Crippen molar-refractivity contribution in [2.24, 2.45) is 0 Å². The van der Waals surface area contributed by atoms with Crippen LogP contribution in [-0.2, 0) is 14.3 Å². The summed E-state index contributed by atoms with van der Waals surface area (Å²) in [7, 11) is 2.88. The molecule has 0 aliphatic heterocycles. The maximum Gasteiger partial charge on any atom is 0.307 e. The Labute approximate surface area is 118 Å². The molecular weight excluding hydrogens is 260 g/mol. The molecular formula is C14H20N2O4. The van der Waals surface area contributed by atoms with Gasteiger partial charge in [-0.2, -0.15) is 0 Å². The number of ether oxygens (including phenoxy) is 2. The summed E-state index contributed by atoms with van der Waals surface area (Å²) in [5.74, 6) is -0.536. The second-order valence-corrected chi connectivity index (χ2v) is 4.24. The molecule has 0 bridgehead atoms. The average molecular weight is 280 g/mol. The standard InChI is InChI=1S/C14H20N2O4/c1-19-9-8-16(7-6-13(17)20-2)14(18)11-4-3-5-12(15)10-11/h3-5,10H,6-9,15H2,1-2H3. The van der Waals surface area contributed by atoms with Gasteiger partial charge in [-0.25, -0.2) is 0 Å². The van der Waals surface area contributed by atoms with E-state index in [1.165, 1.54) is 7.11 Å². The predicted molar refractivity (Wildman–Crippen MR) is 75.3 cm³/mol. The fraction of sp³-hybridized carbons (Fsp3) is 0.429. The zero-order valence-corrected chi connectivity index (χ0v) is 11.8. The van der Waals surface area contributed by atoms with Crippen molar-refractivity contribution in [3.63, 3.8) is 0 Å². The van der Waals surface area contributed by atoms with Gasteiger partial charge in [0, 0.05) is 31.5 Å². The summed E-state index contributed by atoms with van der Waals surface area (Å²) in [6, 6.07) is 6.74. The number of amides is 1. The molecule has 1 amide bonds. The first-order valence-electron chi connectivity index (χ1n) is 6.29. The Morgan fingerprint density at radius 1 is 1.25 bits per heavy atom. The number of carbonyl (C=O) groups is 2. The number of carbonyl (C=O) groups excluding carboxylic acids is 2. The fourth-order valence-corrected chi connectivity index (χ4v) is 1.70. The first-order valence-corrected chi connectivity index (χ1v) is 6.29. The van der Waals surface area contributed by atoms with E-state index >= 15 is 0 Å². The average Bonchev–Trinajstić information content (AvgIpc) is 2.46. The number of hydrogen-bond acceptors (Lipinski definition) is 5. The molecule has 110 valence electrons. The van der Waals surface area contributed by atoms with Crippen LogP contribution >= 0.6 is 0 Å². The molecule has 0 radical (unpaired) electrons. The summed E-state index contributed by atoms with van der Waals surface area (Å²) in [5.41, 5.74) is 6.69. The van der Waals surface area contributed by atoms with Gasteiger partial charge in [-0.3, -0.25) is 9.59 Å². The highest BCUT2D eigenvalue weighted by Gasteiger charge is 2.17. The summed E-state index contributed by atoms with van der Waals surface area (Å²) in [4.78, 5) is 25.1. The van der Waals surface area contributed by atoms with Gasteiger partial charge >= 0.3 is 5.97 Å². The lowest BCUT2D eigenvalue weighted by molar-refractivity contribution is -0.140. The lowest BCUT2D eigenvalue weighted by Gasteiger charge is -2.22. The van der Waals surface area contributed by atoms with Crippen molar-refractivity contribution in [3.05, 3.63) is 29.8 Å². The van der Waals surface area contributed by atoms with E-state index in [2.05, 4.69) is 4.74 Å². The number of esters is 1. The molecule has 0 saturated carbocycles. The molecule has 1 aromatic rings. The van der Waals surface area contributed by atoms with Crippen LogP contribution in [0.25, 0.3) is 0 Å². The fourth-order valence-electron chi connectivity index (χ4n) is 1.70. The number of nitrogens with zero attached hydrogens (tertiary/aromatic N) is 1. The molecule has 1 aromatic carbocycles. The van der Waals surface area contributed by atoms with Crippen molar-refractivity contribution in [2.75, 3.05) is 39.6 Å². The Morgan fingerprint density at radius 3 is 2.60 bits per heavy atom. The van der Waals surface area contributed by atoms with Gasteiger partial charge in [0.25, 0.3) is 5.91 Å². The summed E-state index contributed by atoms with van der Waals surface area (Å²) in [5, 5.41) is 0. The normalized spacial score (nSPS) is 10.1. The third kappa shape index (κ3) is 4.89. The number of benzene rings is 1. The lowest BCUT2D eigenvalue weighted by Crippen LogP contribution is -2.35. The minimum atomic E-state index is -0.354. The number of rotatable bonds is 7. The topological polar surface area (TPSA) is 81.9 Å². The Balaban J connectivity index is 2.75. The van der Waals surface area contributed by atoms with E-state index < -0.39 is 0 Å². The summed E-state index contributed by atoms with van der Waals surface area (Å²) in [6.07, 6.45) is 0.147. The van der Waals surface area contributed by atoms with E-state index in [9.17, 15) is 9.59 Å². The molecule has 6 nitrogen and oxygen atoms in total. The van der Waals surface area contributed by atoms with Gasteiger partial charge < -0.3 is 20.1 Å². The molecule has 0 heterocycles. The van der Waals surface area contributed by atoms with Crippen molar-refractivity contribution in [1.82, 2.24) is 4.90 Å². The molecule has 0 atom stereocenters. The van der Waals surface area contributed by atoms with Gasteiger partial charge in [-0.05, 0) is 18.2 Å². The van der Waals surface area contributed by atoms with Crippen molar-refractivity contribution < 1.29 is 19.1 Å². The largest absolute Gasteiger partial charge is 0.469 e. The van der Waals surface area contributed by atoms with Crippen LogP contribution < -0.4 is 5.73 Å². The first-order chi connectivity index (χ1) is 9.58. The Hall–Kier alpha value is -2.08. The molecule has 6 heteroatoms. The number of nitrogens with two attached hydrogens (primary N) is 1. The van der Waals surface area contributed by atoms with Crippen molar-refractivity contribution in [1.29, 1.82) is 0 Å². The van der Waals surface area contributed by atoms with Crippen LogP contribution in [0.2, 0.25) is 0 Å². The molecule has 0 aliphatic rings. The maximum atomic E-state index is 12.4. The summed E-state index contributed by atoms with van der Waals surface area (Å²) >= 11 is 0. The summed E-state index contributed by atoms with van der Waals surface area (Å²) in [6.45, 7) is 1.08. The summed E-state index contributed by atoms with van der Waals surface area (Å²) < 4.78 is 9.56. The minimum absolute atomic E-state index is 0.147. The van der Waals surface area contributed by atoms with Crippen LogP contribution in [0.3, 0.4) is 0 Å². The van der Waals surface area contributed by atoms with Crippen LogP contribution in [0.4, 0.5) is 5.69 Å². The molecule has 0 saturated heterocycles. The predicted octanol–water partition coefficient (Wildman–Crippen LogP) is 0.920. The molecule has 2 N–H and O–H groups in total. The lowest BCUT2D eigenvalue weighted by atomic mass is 10.1. The van der Waals surface area contributed by atoms with E-state index in [4.69, 9.17) is 10.5 Å². The van der Waals surface area contributed by atoms with Crippen LogP contribution in [-0.4, -0.2) is 50.7 Å². The van der Waals surface area contributed by atoms with Crippen molar-refractivity contribution in [3.8, 4) is 0 Å².